The first-order valence-corrected chi connectivity index (χ1v) is 10.6. The van der Waals surface area contributed by atoms with Crippen molar-refractivity contribution in [2.45, 2.75) is 57.4 Å². The number of amides is 2. The van der Waals surface area contributed by atoms with Crippen molar-refractivity contribution in [3.8, 4) is 0 Å². The highest BCUT2D eigenvalue weighted by atomic mass is 35.5. The first-order valence-electron chi connectivity index (χ1n) is 10.3. The zero-order valence-corrected chi connectivity index (χ0v) is 16.3. The van der Waals surface area contributed by atoms with Gasteiger partial charge in [0.05, 0.1) is 10.4 Å². The van der Waals surface area contributed by atoms with Gasteiger partial charge >= 0.3 is 0 Å². The Labute approximate surface area is 164 Å². The Morgan fingerprint density at radius 1 is 1.11 bits per heavy atom. The molecule has 5 fully saturated rings. The summed E-state index contributed by atoms with van der Waals surface area (Å²) in [5.41, 5.74) is -0.184. The van der Waals surface area contributed by atoms with Crippen LogP contribution in [0.1, 0.15) is 51.4 Å². The molecule has 144 valence electrons. The largest absolute Gasteiger partial charge is 0.330 e. The quantitative estimate of drug-likeness (QED) is 0.856. The van der Waals surface area contributed by atoms with E-state index in [4.69, 9.17) is 11.6 Å². The summed E-state index contributed by atoms with van der Waals surface area (Å²) in [5, 5.41) is 3.40. The van der Waals surface area contributed by atoms with E-state index in [0.717, 1.165) is 49.9 Å². The van der Waals surface area contributed by atoms with Crippen LogP contribution >= 0.6 is 11.6 Å². The van der Waals surface area contributed by atoms with Gasteiger partial charge in [0.15, 0.2) is 0 Å². The third-order valence-electron chi connectivity index (χ3n) is 7.29. The highest BCUT2D eigenvalue weighted by molar-refractivity contribution is 6.30. The van der Waals surface area contributed by atoms with E-state index in [2.05, 4.69) is 10.3 Å². The number of hydrogen-bond acceptors (Lipinski definition) is 3. The number of hydrogen-bond donors (Lipinski definition) is 1. The van der Waals surface area contributed by atoms with Crippen molar-refractivity contribution >= 4 is 29.2 Å². The lowest BCUT2D eigenvalue weighted by molar-refractivity contribution is -0.160. The second kappa shape index (κ2) is 6.47. The van der Waals surface area contributed by atoms with E-state index in [1.807, 2.05) is 4.90 Å². The average Bonchev–Trinajstić information content (AvgIpc) is 3.11. The second-order valence-electron chi connectivity index (χ2n) is 9.21. The van der Waals surface area contributed by atoms with Crippen LogP contribution < -0.4 is 5.32 Å². The molecule has 1 atom stereocenters. The molecule has 2 heterocycles. The number of likely N-dealkylation sites (tertiary alicyclic amines) is 1. The summed E-state index contributed by atoms with van der Waals surface area (Å²) in [7, 11) is 0. The normalized spacial score (nSPS) is 36.9. The van der Waals surface area contributed by atoms with E-state index in [1.54, 1.807) is 12.1 Å². The smallest absolute Gasteiger partial charge is 0.248 e. The van der Waals surface area contributed by atoms with E-state index < -0.39 is 0 Å². The number of carbonyl (C=O) groups excluding carboxylic acids is 2. The first kappa shape index (κ1) is 17.5. The summed E-state index contributed by atoms with van der Waals surface area (Å²) in [6.07, 6.45) is 10.2. The highest BCUT2D eigenvalue weighted by Gasteiger charge is 2.56. The van der Waals surface area contributed by atoms with Gasteiger partial charge in [0.1, 0.15) is 11.9 Å². The van der Waals surface area contributed by atoms with Gasteiger partial charge in [-0.25, -0.2) is 4.98 Å². The van der Waals surface area contributed by atoms with Gasteiger partial charge in [-0.15, -0.1) is 0 Å². The predicted molar refractivity (Wildman–Crippen MR) is 103 cm³/mol. The number of carbonyl (C=O) groups is 2. The Balaban J connectivity index is 1.32. The van der Waals surface area contributed by atoms with Crippen molar-refractivity contribution in [2.75, 3.05) is 11.9 Å². The fraction of sp³-hybridized carbons (Fsp3) is 0.667. The number of halogens is 1. The van der Waals surface area contributed by atoms with Crippen LogP contribution in [-0.2, 0) is 9.59 Å². The molecule has 27 heavy (non-hydrogen) atoms. The van der Waals surface area contributed by atoms with Crippen LogP contribution in [0, 0.1) is 23.2 Å². The van der Waals surface area contributed by atoms with E-state index in [0.29, 0.717) is 17.4 Å². The maximum atomic E-state index is 13.6. The van der Waals surface area contributed by atoms with Crippen LogP contribution in [0.4, 0.5) is 5.82 Å². The second-order valence-corrected chi connectivity index (χ2v) is 9.64. The van der Waals surface area contributed by atoms with Crippen LogP contribution in [0.15, 0.2) is 18.3 Å². The fourth-order valence-electron chi connectivity index (χ4n) is 6.62. The highest BCUT2D eigenvalue weighted by Crippen LogP contribution is 2.60. The Morgan fingerprint density at radius 2 is 1.78 bits per heavy atom. The first-order chi connectivity index (χ1) is 13.0. The predicted octanol–water partition coefficient (Wildman–Crippen LogP) is 3.88. The van der Waals surface area contributed by atoms with Crippen molar-refractivity contribution in [1.29, 1.82) is 0 Å². The van der Waals surface area contributed by atoms with Gasteiger partial charge < -0.3 is 10.2 Å². The molecule has 0 spiro atoms. The molecule has 0 radical (unpaired) electrons. The lowest BCUT2D eigenvalue weighted by Gasteiger charge is -2.56. The van der Waals surface area contributed by atoms with Gasteiger partial charge in [-0.05, 0) is 81.3 Å². The van der Waals surface area contributed by atoms with Crippen LogP contribution in [0.2, 0.25) is 5.02 Å². The van der Waals surface area contributed by atoms with Crippen molar-refractivity contribution in [3.05, 3.63) is 23.4 Å². The molecule has 1 aliphatic heterocycles. The zero-order valence-electron chi connectivity index (χ0n) is 15.5. The number of nitrogens with one attached hydrogen (secondary N) is 1. The topological polar surface area (TPSA) is 62.3 Å². The van der Waals surface area contributed by atoms with Crippen LogP contribution in [0.5, 0.6) is 0 Å². The fourth-order valence-corrected chi connectivity index (χ4v) is 6.73. The number of pyridine rings is 1. The summed E-state index contributed by atoms with van der Waals surface area (Å²) in [5.74, 6) is 2.80. The Morgan fingerprint density at radius 3 is 2.37 bits per heavy atom. The van der Waals surface area contributed by atoms with Crippen LogP contribution in [0.3, 0.4) is 0 Å². The average molecular weight is 388 g/mol. The molecule has 5 nitrogen and oxygen atoms in total. The molecule has 1 N–H and O–H groups in total. The molecule has 5 aliphatic rings. The Hall–Kier alpha value is -1.62. The van der Waals surface area contributed by atoms with E-state index in [9.17, 15) is 9.59 Å². The van der Waals surface area contributed by atoms with E-state index >= 15 is 0 Å². The molecule has 1 unspecified atom stereocenters. The third-order valence-corrected chi connectivity index (χ3v) is 7.51. The standard InChI is InChI=1S/C21H26ClN3O2/c22-16-3-4-18(23-12-16)24-19(26)17-2-1-5-25(17)20(27)21-9-13-6-14(10-21)8-15(7-13)11-21/h3-4,12-15,17H,1-2,5-11H2,(H,23,24,26). The van der Waals surface area contributed by atoms with E-state index in [1.165, 1.54) is 25.5 Å². The van der Waals surface area contributed by atoms with Gasteiger partial charge in [0.25, 0.3) is 0 Å². The summed E-state index contributed by atoms with van der Waals surface area (Å²) < 4.78 is 0. The molecule has 6 rings (SSSR count). The van der Waals surface area contributed by atoms with Gasteiger partial charge in [-0.2, -0.15) is 0 Å². The SMILES string of the molecule is O=C(Nc1ccc(Cl)cn1)C1CCCN1C(=O)C12CC3CC(CC(C3)C1)C2. The van der Waals surface area contributed by atoms with Crippen LogP contribution in [0.25, 0.3) is 0 Å². The molecule has 4 saturated carbocycles. The minimum Gasteiger partial charge on any atom is -0.330 e. The van der Waals surface area contributed by atoms with Gasteiger partial charge in [-0.3, -0.25) is 9.59 Å². The summed E-state index contributed by atoms with van der Waals surface area (Å²) in [6, 6.07) is 3.03. The monoisotopic (exact) mass is 387 g/mol. The molecular weight excluding hydrogens is 362 g/mol. The molecular formula is C21H26ClN3O2. The summed E-state index contributed by atoms with van der Waals surface area (Å²) in [4.78, 5) is 32.5. The lowest BCUT2D eigenvalue weighted by atomic mass is 9.49. The number of aromatic nitrogens is 1. The molecule has 1 aromatic heterocycles. The van der Waals surface area contributed by atoms with Gasteiger partial charge in [-0.1, -0.05) is 11.6 Å². The molecule has 1 saturated heterocycles. The minimum atomic E-state index is -0.372. The number of rotatable bonds is 3. The molecule has 0 aromatic carbocycles. The lowest BCUT2D eigenvalue weighted by Crippen LogP contribution is -2.56. The van der Waals surface area contributed by atoms with Gasteiger partial charge in [0, 0.05) is 12.7 Å². The third kappa shape index (κ3) is 3.04. The zero-order chi connectivity index (χ0) is 18.6. The molecule has 2 amide bonds. The minimum absolute atomic E-state index is 0.125. The summed E-state index contributed by atoms with van der Waals surface area (Å²) in [6.45, 7) is 0.701. The van der Waals surface area contributed by atoms with Crippen LogP contribution in [-0.4, -0.2) is 34.3 Å². The van der Waals surface area contributed by atoms with Crippen molar-refractivity contribution < 1.29 is 9.59 Å². The summed E-state index contributed by atoms with van der Waals surface area (Å²) >= 11 is 5.86. The van der Waals surface area contributed by atoms with E-state index in [-0.39, 0.29) is 23.3 Å². The number of anilines is 1. The van der Waals surface area contributed by atoms with Gasteiger partial charge in [0.2, 0.25) is 11.8 Å². The molecule has 4 aliphatic carbocycles. The Kier molecular flexibility index (Phi) is 4.19. The van der Waals surface area contributed by atoms with Crippen molar-refractivity contribution in [3.63, 3.8) is 0 Å². The maximum absolute atomic E-state index is 13.6. The Bertz CT molecular complexity index is 728. The molecule has 1 aromatic rings. The maximum Gasteiger partial charge on any atom is 0.248 e. The number of nitrogens with zero attached hydrogens (tertiary/aromatic N) is 2. The molecule has 6 heteroatoms. The van der Waals surface area contributed by atoms with Crippen molar-refractivity contribution in [2.24, 2.45) is 23.2 Å². The van der Waals surface area contributed by atoms with Crippen molar-refractivity contribution in [1.82, 2.24) is 9.88 Å². The molecule has 4 bridgehead atoms.